The van der Waals surface area contributed by atoms with E-state index in [4.69, 9.17) is 4.74 Å². The molecule has 2 rings (SSSR count). The fraction of sp³-hybridized carbons (Fsp3) is 0.688. The number of carbonyl (C=O) groups is 1. The molecular formula is C16H11F13O2S3. The molecule has 1 atom stereocenters. The summed E-state index contributed by atoms with van der Waals surface area (Å²) in [6, 6.07) is 0. The lowest BCUT2D eigenvalue weighted by molar-refractivity contribution is -0.440. The Balaban J connectivity index is 2.04. The van der Waals surface area contributed by atoms with Crippen LogP contribution in [0.4, 0.5) is 57.1 Å². The molecule has 0 N–H and O–H groups in total. The average molecular weight is 578 g/mol. The van der Waals surface area contributed by atoms with E-state index in [-0.39, 0.29) is 12.4 Å². The Hall–Kier alpha value is -1.04. The predicted octanol–water partition coefficient (Wildman–Crippen LogP) is 7.38. The molecule has 34 heavy (non-hydrogen) atoms. The van der Waals surface area contributed by atoms with E-state index >= 15 is 0 Å². The maximum atomic E-state index is 13.7. The van der Waals surface area contributed by atoms with Crippen LogP contribution in [0.1, 0.15) is 12.8 Å². The standard InChI is InChI=1S/C16H11F13O2S3/c17-11(18,12(19,20)13(21,22)14(23,24)15(25,26)16(27,28)29)2-1-10(30)33-4-7-3-31-8-5-32-6-9(8)34-7/h5-7H,1-4H2. The van der Waals surface area contributed by atoms with Gasteiger partial charge in [0.1, 0.15) is 12.4 Å². The van der Waals surface area contributed by atoms with Gasteiger partial charge in [-0.2, -0.15) is 57.1 Å². The van der Waals surface area contributed by atoms with Crippen LogP contribution in [0.15, 0.2) is 15.7 Å². The average Bonchev–Trinajstić information content (AvgIpc) is 3.17. The van der Waals surface area contributed by atoms with Gasteiger partial charge in [-0.15, -0.1) is 23.1 Å². The first-order chi connectivity index (χ1) is 15.2. The van der Waals surface area contributed by atoms with E-state index in [1.165, 1.54) is 23.1 Å². The number of alkyl halides is 13. The zero-order valence-electron chi connectivity index (χ0n) is 16.0. The van der Waals surface area contributed by atoms with Gasteiger partial charge in [-0.1, -0.05) is 11.8 Å². The Morgan fingerprint density at radius 3 is 2.00 bits per heavy atom. The molecule has 0 bridgehead atoms. The van der Waals surface area contributed by atoms with Gasteiger partial charge in [0.2, 0.25) is 0 Å². The number of thioether (sulfide) groups is 2. The highest BCUT2D eigenvalue weighted by Crippen LogP contribution is 2.60. The lowest BCUT2D eigenvalue weighted by atomic mass is 9.92. The van der Waals surface area contributed by atoms with Crippen molar-refractivity contribution in [1.29, 1.82) is 0 Å². The number of hydrogen-bond acceptors (Lipinski definition) is 5. The largest absolute Gasteiger partial charge is 0.490 e. The molecule has 1 unspecified atom stereocenters. The van der Waals surface area contributed by atoms with E-state index < -0.39 is 59.0 Å². The minimum absolute atomic E-state index is 0.0810. The normalized spacial score (nSPS) is 18.4. The van der Waals surface area contributed by atoms with Crippen LogP contribution in [0.25, 0.3) is 0 Å². The highest BCUT2D eigenvalue weighted by molar-refractivity contribution is 8.14. The van der Waals surface area contributed by atoms with Gasteiger partial charge >= 0.3 is 35.8 Å². The first kappa shape index (κ1) is 29.2. The molecular weight excluding hydrogens is 567 g/mol. The Morgan fingerprint density at radius 2 is 1.44 bits per heavy atom. The van der Waals surface area contributed by atoms with Crippen molar-refractivity contribution >= 4 is 40.0 Å². The molecule has 1 aromatic heterocycles. The summed E-state index contributed by atoms with van der Waals surface area (Å²) in [6.45, 7) is 0.0810. The van der Waals surface area contributed by atoms with Crippen LogP contribution in [-0.2, 0) is 4.79 Å². The Morgan fingerprint density at radius 1 is 0.882 bits per heavy atom. The number of ether oxygens (including phenoxy) is 1. The van der Waals surface area contributed by atoms with Crippen LogP contribution in [0.5, 0.6) is 5.75 Å². The highest BCUT2D eigenvalue weighted by atomic mass is 32.2. The summed E-state index contributed by atoms with van der Waals surface area (Å²) in [4.78, 5) is 12.4. The molecule has 1 aliphatic rings. The Labute approximate surface area is 194 Å². The molecule has 18 heteroatoms. The maximum Gasteiger partial charge on any atom is 0.460 e. The van der Waals surface area contributed by atoms with Crippen molar-refractivity contribution < 1.29 is 66.6 Å². The second-order valence-corrected chi connectivity index (χ2v) is 10.00. The minimum Gasteiger partial charge on any atom is -0.490 e. The molecule has 0 aromatic carbocycles. The first-order valence-electron chi connectivity index (χ1n) is 8.66. The number of halogens is 13. The molecule has 0 fully saturated rings. The van der Waals surface area contributed by atoms with Gasteiger partial charge in [0.15, 0.2) is 5.12 Å². The number of carbonyl (C=O) groups excluding carboxylic acids is 1. The van der Waals surface area contributed by atoms with Crippen LogP contribution < -0.4 is 4.74 Å². The van der Waals surface area contributed by atoms with E-state index in [0.717, 1.165) is 0 Å². The number of fused-ring (bicyclic) bond motifs is 1. The van der Waals surface area contributed by atoms with Crippen molar-refractivity contribution in [2.75, 3.05) is 12.4 Å². The van der Waals surface area contributed by atoms with Crippen molar-refractivity contribution in [3.63, 3.8) is 0 Å². The van der Waals surface area contributed by atoms with Gasteiger partial charge in [0.05, 0.1) is 10.1 Å². The smallest absolute Gasteiger partial charge is 0.460 e. The summed E-state index contributed by atoms with van der Waals surface area (Å²) in [5.74, 6) is -36.7. The molecule has 0 saturated heterocycles. The summed E-state index contributed by atoms with van der Waals surface area (Å²) in [5.41, 5.74) is 0. The molecule has 0 spiro atoms. The lowest BCUT2D eigenvalue weighted by Crippen LogP contribution is -2.70. The molecule has 0 saturated carbocycles. The van der Waals surface area contributed by atoms with Crippen molar-refractivity contribution in [2.45, 2.75) is 58.8 Å². The van der Waals surface area contributed by atoms with E-state index in [2.05, 4.69) is 0 Å². The van der Waals surface area contributed by atoms with Gasteiger partial charge in [0, 0.05) is 29.4 Å². The van der Waals surface area contributed by atoms with Crippen molar-refractivity contribution in [3.05, 3.63) is 10.8 Å². The van der Waals surface area contributed by atoms with Crippen LogP contribution >= 0.6 is 34.9 Å². The molecule has 0 amide bonds. The zero-order chi connectivity index (χ0) is 26.4. The zero-order valence-corrected chi connectivity index (χ0v) is 18.5. The molecule has 0 radical (unpaired) electrons. The third kappa shape index (κ3) is 5.08. The van der Waals surface area contributed by atoms with Crippen LogP contribution in [-0.4, -0.2) is 58.5 Å². The predicted molar refractivity (Wildman–Crippen MR) is 96.9 cm³/mol. The third-order valence-electron chi connectivity index (χ3n) is 4.38. The molecule has 1 aliphatic heterocycles. The van der Waals surface area contributed by atoms with Gasteiger partial charge in [-0.3, -0.25) is 4.79 Å². The second kappa shape index (κ2) is 9.44. The number of thiophene rings is 1. The van der Waals surface area contributed by atoms with Crippen LogP contribution in [0.2, 0.25) is 0 Å². The Kier molecular flexibility index (Phi) is 8.11. The van der Waals surface area contributed by atoms with E-state index in [0.29, 0.717) is 22.4 Å². The summed E-state index contributed by atoms with van der Waals surface area (Å²) < 4.78 is 175. The maximum absolute atomic E-state index is 13.7. The monoisotopic (exact) mass is 578 g/mol. The minimum atomic E-state index is -7.94. The summed E-state index contributed by atoms with van der Waals surface area (Å²) in [5, 5.41) is 1.73. The summed E-state index contributed by atoms with van der Waals surface area (Å²) >= 11 is 2.86. The summed E-state index contributed by atoms with van der Waals surface area (Å²) in [7, 11) is 0. The topological polar surface area (TPSA) is 26.3 Å². The van der Waals surface area contributed by atoms with Crippen LogP contribution in [0.3, 0.4) is 0 Å². The molecule has 2 heterocycles. The van der Waals surface area contributed by atoms with Crippen LogP contribution in [0, 0.1) is 0 Å². The van der Waals surface area contributed by atoms with Crippen molar-refractivity contribution in [3.8, 4) is 5.75 Å². The van der Waals surface area contributed by atoms with E-state index in [1.807, 2.05) is 0 Å². The lowest BCUT2D eigenvalue weighted by Gasteiger charge is -2.39. The van der Waals surface area contributed by atoms with E-state index in [9.17, 15) is 61.9 Å². The SMILES string of the molecule is O=C(CCC(F)(F)C(F)(F)C(F)(F)C(F)(F)C(F)(F)C(F)(F)F)SCC1COc2cscc2S1. The summed E-state index contributed by atoms with van der Waals surface area (Å²) in [6.07, 6.45) is -11.6. The molecule has 0 aliphatic carbocycles. The van der Waals surface area contributed by atoms with Crippen molar-refractivity contribution in [2.24, 2.45) is 0 Å². The first-order valence-corrected chi connectivity index (χ1v) is 11.5. The third-order valence-corrected chi connectivity index (χ3v) is 7.77. The fourth-order valence-corrected chi connectivity index (χ4v) is 5.43. The van der Waals surface area contributed by atoms with Gasteiger partial charge in [-0.05, 0) is 0 Å². The Bertz CT molecular complexity index is 882. The van der Waals surface area contributed by atoms with Gasteiger partial charge in [0.25, 0.3) is 0 Å². The molecule has 196 valence electrons. The highest BCUT2D eigenvalue weighted by Gasteiger charge is 2.90. The van der Waals surface area contributed by atoms with E-state index in [1.54, 1.807) is 10.8 Å². The van der Waals surface area contributed by atoms with Gasteiger partial charge < -0.3 is 4.74 Å². The quantitative estimate of drug-likeness (QED) is 0.286. The number of hydrogen-bond donors (Lipinski definition) is 0. The second-order valence-electron chi connectivity index (χ2n) is 6.83. The fourth-order valence-electron chi connectivity index (χ4n) is 2.42. The number of rotatable bonds is 9. The van der Waals surface area contributed by atoms with Gasteiger partial charge in [-0.25, -0.2) is 0 Å². The molecule has 1 aromatic rings. The van der Waals surface area contributed by atoms with Crippen molar-refractivity contribution in [1.82, 2.24) is 0 Å². The molecule has 2 nitrogen and oxygen atoms in total.